The number of aliphatic imine (C=N–C) groups is 1. The molecule has 1 unspecified atom stereocenters. The predicted octanol–water partition coefficient (Wildman–Crippen LogP) is 2.54. The number of nitrogens with zero attached hydrogens (tertiary/aromatic N) is 3. The van der Waals surface area contributed by atoms with Crippen LogP contribution in [0.1, 0.15) is 12.5 Å². The first-order valence-electron chi connectivity index (χ1n) is 7.34. The van der Waals surface area contributed by atoms with Crippen LogP contribution in [0, 0.1) is 5.92 Å². The summed E-state index contributed by atoms with van der Waals surface area (Å²) in [6, 6.07) is 9.73. The number of halogens is 1. The van der Waals surface area contributed by atoms with Crippen molar-refractivity contribution in [2.75, 3.05) is 13.6 Å². The fraction of sp³-hybridized carbons (Fsp3) is 0.375. The van der Waals surface area contributed by atoms with Crippen LogP contribution in [0.2, 0.25) is 5.02 Å². The van der Waals surface area contributed by atoms with Crippen molar-refractivity contribution in [3.63, 3.8) is 0 Å². The van der Waals surface area contributed by atoms with E-state index in [9.17, 15) is 0 Å². The fourth-order valence-electron chi connectivity index (χ4n) is 2.10. The number of benzene rings is 1. The van der Waals surface area contributed by atoms with Gasteiger partial charge in [-0.05, 0) is 23.6 Å². The Kier molecular flexibility index (Phi) is 6.27. The predicted molar refractivity (Wildman–Crippen MR) is 91.0 cm³/mol. The van der Waals surface area contributed by atoms with Gasteiger partial charge in [-0.3, -0.25) is 9.67 Å². The monoisotopic (exact) mass is 319 g/mol. The van der Waals surface area contributed by atoms with Crippen molar-refractivity contribution in [3.8, 4) is 0 Å². The lowest BCUT2D eigenvalue weighted by Crippen LogP contribution is -2.39. The van der Waals surface area contributed by atoms with Crippen molar-refractivity contribution >= 4 is 17.6 Å². The number of hydrogen-bond donors (Lipinski definition) is 2. The second kappa shape index (κ2) is 8.44. The highest BCUT2D eigenvalue weighted by molar-refractivity contribution is 6.31. The molecule has 0 spiro atoms. The molecule has 1 aromatic heterocycles. The molecule has 2 rings (SSSR count). The Morgan fingerprint density at radius 1 is 1.32 bits per heavy atom. The van der Waals surface area contributed by atoms with Crippen molar-refractivity contribution in [1.82, 2.24) is 20.4 Å². The number of nitrogens with one attached hydrogen (secondary N) is 2. The quantitative estimate of drug-likeness (QED) is 0.635. The highest BCUT2D eigenvalue weighted by atomic mass is 35.5. The lowest BCUT2D eigenvalue weighted by atomic mass is 10.2. The molecule has 2 aromatic rings. The lowest BCUT2D eigenvalue weighted by molar-refractivity contribution is 0.443. The average Bonchev–Trinajstić information content (AvgIpc) is 3.02. The molecule has 0 radical (unpaired) electrons. The molecule has 2 N–H and O–H groups in total. The fourth-order valence-corrected chi connectivity index (χ4v) is 2.31. The van der Waals surface area contributed by atoms with Crippen LogP contribution in [-0.4, -0.2) is 29.3 Å². The number of hydrogen-bond acceptors (Lipinski definition) is 2. The SMILES string of the molecule is CN=C(NCc1ccccc1Cl)NCC(C)Cn1cccn1. The zero-order chi connectivity index (χ0) is 15.8. The Morgan fingerprint density at radius 3 is 2.82 bits per heavy atom. The minimum atomic E-state index is 0.443. The van der Waals surface area contributed by atoms with Crippen LogP contribution in [0.4, 0.5) is 0 Å². The summed E-state index contributed by atoms with van der Waals surface area (Å²) in [5, 5.41) is 11.6. The van der Waals surface area contributed by atoms with Crippen molar-refractivity contribution in [1.29, 1.82) is 0 Å². The molecule has 118 valence electrons. The summed E-state index contributed by atoms with van der Waals surface area (Å²) in [6.45, 7) is 4.52. The van der Waals surface area contributed by atoms with Gasteiger partial charge in [0.15, 0.2) is 5.96 Å². The molecule has 0 aliphatic heterocycles. The van der Waals surface area contributed by atoms with Crippen LogP contribution in [0.5, 0.6) is 0 Å². The van der Waals surface area contributed by atoms with Gasteiger partial charge >= 0.3 is 0 Å². The number of rotatable bonds is 6. The summed E-state index contributed by atoms with van der Waals surface area (Å²) in [5.41, 5.74) is 1.05. The Balaban J connectivity index is 1.76. The van der Waals surface area contributed by atoms with Crippen molar-refractivity contribution in [2.24, 2.45) is 10.9 Å². The van der Waals surface area contributed by atoms with E-state index in [0.29, 0.717) is 12.5 Å². The second-order valence-corrected chi connectivity index (χ2v) is 5.64. The molecule has 0 aliphatic rings. The van der Waals surface area contributed by atoms with Crippen LogP contribution in [-0.2, 0) is 13.1 Å². The molecule has 0 saturated carbocycles. The largest absolute Gasteiger partial charge is 0.356 e. The van der Waals surface area contributed by atoms with E-state index in [4.69, 9.17) is 11.6 Å². The minimum absolute atomic E-state index is 0.443. The van der Waals surface area contributed by atoms with E-state index in [-0.39, 0.29) is 0 Å². The van der Waals surface area contributed by atoms with Gasteiger partial charge in [-0.25, -0.2) is 0 Å². The van der Waals surface area contributed by atoms with Gasteiger partial charge in [0.2, 0.25) is 0 Å². The van der Waals surface area contributed by atoms with Gasteiger partial charge in [0.25, 0.3) is 0 Å². The Labute approximate surface area is 136 Å². The van der Waals surface area contributed by atoms with E-state index >= 15 is 0 Å². The van der Waals surface area contributed by atoms with Gasteiger partial charge < -0.3 is 10.6 Å². The number of guanidine groups is 1. The van der Waals surface area contributed by atoms with E-state index in [2.05, 4.69) is 27.6 Å². The molecule has 0 bridgehead atoms. The molecular formula is C16H22ClN5. The third kappa shape index (κ3) is 5.07. The molecule has 0 aliphatic carbocycles. The van der Waals surface area contributed by atoms with Crippen LogP contribution >= 0.6 is 11.6 Å². The first kappa shape index (κ1) is 16.4. The third-order valence-corrected chi connectivity index (χ3v) is 3.67. The molecule has 0 fully saturated rings. The van der Waals surface area contributed by atoms with Crippen LogP contribution < -0.4 is 10.6 Å². The summed E-state index contributed by atoms with van der Waals surface area (Å²) >= 11 is 6.15. The maximum atomic E-state index is 6.15. The van der Waals surface area contributed by atoms with Crippen LogP contribution in [0.3, 0.4) is 0 Å². The molecule has 0 saturated heterocycles. The van der Waals surface area contributed by atoms with E-state index in [1.165, 1.54) is 0 Å². The lowest BCUT2D eigenvalue weighted by Gasteiger charge is -2.16. The molecule has 5 nitrogen and oxygen atoms in total. The molecule has 1 heterocycles. The zero-order valence-corrected chi connectivity index (χ0v) is 13.7. The van der Waals surface area contributed by atoms with Crippen molar-refractivity contribution in [2.45, 2.75) is 20.0 Å². The summed E-state index contributed by atoms with van der Waals surface area (Å²) in [4.78, 5) is 4.23. The Hall–Kier alpha value is -2.01. The van der Waals surface area contributed by atoms with Gasteiger partial charge in [-0.15, -0.1) is 0 Å². The Morgan fingerprint density at radius 2 is 2.14 bits per heavy atom. The molecule has 1 atom stereocenters. The number of aromatic nitrogens is 2. The van der Waals surface area contributed by atoms with E-state index in [1.807, 2.05) is 41.2 Å². The van der Waals surface area contributed by atoms with Gasteiger partial charge in [0, 0.05) is 44.1 Å². The molecule has 0 amide bonds. The first-order chi connectivity index (χ1) is 10.7. The van der Waals surface area contributed by atoms with Gasteiger partial charge in [0.05, 0.1) is 0 Å². The highest BCUT2D eigenvalue weighted by Crippen LogP contribution is 2.14. The van der Waals surface area contributed by atoms with Crippen molar-refractivity contribution in [3.05, 3.63) is 53.3 Å². The summed E-state index contributed by atoms with van der Waals surface area (Å²) in [6.07, 6.45) is 3.77. The third-order valence-electron chi connectivity index (χ3n) is 3.30. The standard InChI is InChI=1S/C16H22ClN5/c1-13(12-22-9-5-8-21-22)10-19-16(18-2)20-11-14-6-3-4-7-15(14)17/h3-9,13H,10-12H2,1-2H3,(H2,18,19,20). The molecule has 1 aromatic carbocycles. The second-order valence-electron chi connectivity index (χ2n) is 5.23. The zero-order valence-electron chi connectivity index (χ0n) is 13.0. The maximum absolute atomic E-state index is 6.15. The first-order valence-corrected chi connectivity index (χ1v) is 7.72. The normalized spacial score (nSPS) is 13.0. The van der Waals surface area contributed by atoms with Crippen molar-refractivity contribution < 1.29 is 0 Å². The smallest absolute Gasteiger partial charge is 0.191 e. The average molecular weight is 320 g/mol. The van der Waals surface area contributed by atoms with Gasteiger partial charge in [-0.2, -0.15) is 5.10 Å². The van der Waals surface area contributed by atoms with Crippen LogP contribution in [0.25, 0.3) is 0 Å². The topological polar surface area (TPSA) is 54.2 Å². The summed E-state index contributed by atoms with van der Waals surface area (Å²) in [5.74, 6) is 1.21. The summed E-state index contributed by atoms with van der Waals surface area (Å²) < 4.78 is 1.94. The van der Waals surface area contributed by atoms with E-state index in [1.54, 1.807) is 13.2 Å². The van der Waals surface area contributed by atoms with E-state index in [0.717, 1.165) is 29.6 Å². The summed E-state index contributed by atoms with van der Waals surface area (Å²) in [7, 11) is 1.76. The van der Waals surface area contributed by atoms with E-state index < -0.39 is 0 Å². The maximum Gasteiger partial charge on any atom is 0.191 e. The van der Waals surface area contributed by atoms with Gasteiger partial charge in [-0.1, -0.05) is 36.7 Å². The molecule has 6 heteroatoms. The molecule has 22 heavy (non-hydrogen) atoms. The Bertz CT molecular complexity index is 594. The van der Waals surface area contributed by atoms with Crippen LogP contribution in [0.15, 0.2) is 47.7 Å². The highest BCUT2D eigenvalue weighted by Gasteiger charge is 2.06. The van der Waals surface area contributed by atoms with Gasteiger partial charge in [0.1, 0.15) is 0 Å². The molecular weight excluding hydrogens is 298 g/mol. The minimum Gasteiger partial charge on any atom is -0.356 e.